The highest BCUT2D eigenvalue weighted by atomic mass is 32.1. The molecule has 0 spiro atoms. The van der Waals surface area contributed by atoms with Gasteiger partial charge in [-0.3, -0.25) is 9.59 Å². The Hall–Kier alpha value is -2.61. The predicted molar refractivity (Wildman–Crippen MR) is 70.5 cm³/mol. The second-order valence-corrected chi connectivity index (χ2v) is 4.55. The summed E-state index contributed by atoms with van der Waals surface area (Å²) in [6.45, 7) is -0.490. The molecule has 0 saturated carbocycles. The van der Waals surface area contributed by atoms with Crippen molar-refractivity contribution in [3.8, 4) is 0 Å². The first kappa shape index (κ1) is 13.8. The molecule has 2 amide bonds. The van der Waals surface area contributed by atoms with Crippen LogP contribution in [0.3, 0.4) is 0 Å². The molecule has 0 bridgehead atoms. The minimum absolute atomic E-state index is 0.00625. The number of nitrogens with one attached hydrogen (secondary N) is 1. The minimum Gasteiger partial charge on any atom is -0.457 e. The van der Waals surface area contributed by atoms with Gasteiger partial charge in [0.2, 0.25) is 5.76 Å². The first-order chi connectivity index (χ1) is 9.58. The van der Waals surface area contributed by atoms with Gasteiger partial charge in [0.15, 0.2) is 6.61 Å². The van der Waals surface area contributed by atoms with E-state index in [2.05, 4.69) is 5.32 Å². The maximum absolute atomic E-state index is 11.6. The van der Waals surface area contributed by atoms with E-state index in [1.54, 1.807) is 5.38 Å². The van der Waals surface area contributed by atoms with Crippen molar-refractivity contribution in [2.24, 2.45) is 5.73 Å². The largest absolute Gasteiger partial charge is 0.457 e. The lowest BCUT2D eigenvalue weighted by Crippen LogP contribution is -2.22. The second kappa shape index (κ2) is 6.02. The van der Waals surface area contributed by atoms with Gasteiger partial charge >= 0.3 is 5.97 Å². The molecule has 0 aliphatic carbocycles. The van der Waals surface area contributed by atoms with Gasteiger partial charge in [0.05, 0.1) is 11.8 Å². The normalized spacial score (nSPS) is 10.0. The number of carbonyl (C=O) groups excluding carboxylic acids is 3. The number of hydrogen-bond donors (Lipinski definition) is 2. The van der Waals surface area contributed by atoms with E-state index in [1.165, 1.54) is 24.5 Å². The van der Waals surface area contributed by atoms with Crippen LogP contribution in [0.25, 0.3) is 0 Å². The highest BCUT2D eigenvalue weighted by Gasteiger charge is 2.15. The van der Waals surface area contributed by atoms with Crippen LogP contribution in [0.2, 0.25) is 0 Å². The predicted octanol–water partition coefficient (Wildman–Crippen LogP) is 1.24. The van der Waals surface area contributed by atoms with Crippen molar-refractivity contribution in [2.75, 3.05) is 11.9 Å². The number of furan rings is 1. The third kappa shape index (κ3) is 3.23. The molecule has 0 aromatic carbocycles. The van der Waals surface area contributed by atoms with Crippen molar-refractivity contribution < 1.29 is 23.5 Å². The summed E-state index contributed by atoms with van der Waals surface area (Å²) in [6.07, 6.45) is 1.32. The smallest absolute Gasteiger partial charge is 0.374 e. The lowest BCUT2D eigenvalue weighted by molar-refractivity contribution is -0.119. The van der Waals surface area contributed by atoms with Gasteiger partial charge in [0, 0.05) is 0 Å². The summed E-state index contributed by atoms with van der Waals surface area (Å²) in [5, 5.41) is 4.38. The first-order valence-corrected chi connectivity index (χ1v) is 6.33. The number of thiophene rings is 1. The molecule has 20 heavy (non-hydrogen) atoms. The lowest BCUT2D eigenvalue weighted by Gasteiger charge is -2.05. The topological polar surface area (TPSA) is 112 Å². The van der Waals surface area contributed by atoms with Crippen LogP contribution in [0.15, 0.2) is 34.3 Å². The van der Waals surface area contributed by atoms with Crippen molar-refractivity contribution in [1.82, 2.24) is 0 Å². The highest BCUT2D eigenvalue weighted by Crippen LogP contribution is 2.22. The summed E-state index contributed by atoms with van der Waals surface area (Å²) in [6, 6.07) is 4.45. The molecule has 0 radical (unpaired) electrons. The van der Waals surface area contributed by atoms with Crippen molar-refractivity contribution in [3.05, 3.63) is 41.2 Å². The van der Waals surface area contributed by atoms with Crippen molar-refractivity contribution in [2.45, 2.75) is 0 Å². The molecule has 8 heteroatoms. The number of esters is 1. The maximum atomic E-state index is 11.6. The summed E-state index contributed by atoms with van der Waals surface area (Å²) in [5.74, 6) is -1.96. The van der Waals surface area contributed by atoms with Crippen LogP contribution >= 0.6 is 11.3 Å². The zero-order chi connectivity index (χ0) is 14.5. The Bertz CT molecular complexity index is 632. The fourth-order valence-corrected chi connectivity index (χ4v) is 2.17. The van der Waals surface area contributed by atoms with E-state index in [9.17, 15) is 14.4 Å². The summed E-state index contributed by atoms with van der Waals surface area (Å²) < 4.78 is 9.56. The van der Waals surface area contributed by atoms with Crippen LogP contribution in [-0.4, -0.2) is 24.4 Å². The summed E-state index contributed by atoms with van der Waals surface area (Å²) in [4.78, 5) is 34.1. The molecule has 0 saturated heterocycles. The number of hydrogen-bond acceptors (Lipinski definition) is 6. The fourth-order valence-electron chi connectivity index (χ4n) is 1.36. The maximum Gasteiger partial charge on any atom is 0.374 e. The van der Waals surface area contributed by atoms with Gasteiger partial charge in [-0.1, -0.05) is 0 Å². The van der Waals surface area contributed by atoms with Gasteiger partial charge in [0.1, 0.15) is 5.00 Å². The molecule has 0 atom stereocenters. The van der Waals surface area contributed by atoms with E-state index in [4.69, 9.17) is 14.9 Å². The Kier molecular flexibility index (Phi) is 4.16. The molecule has 2 aromatic heterocycles. The Morgan fingerprint density at radius 2 is 2.15 bits per heavy atom. The zero-order valence-corrected chi connectivity index (χ0v) is 10.9. The van der Waals surface area contributed by atoms with Crippen LogP contribution in [0.4, 0.5) is 5.00 Å². The SMILES string of the molecule is NC(=O)c1ccsc1NC(=O)COC(=O)c1ccco1. The van der Waals surface area contributed by atoms with Gasteiger partial charge in [-0.05, 0) is 23.6 Å². The Morgan fingerprint density at radius 3 is 2.80 bits per heavy atom. The Labute approximate surface area is 117 Å². The van der Waals surface area contributed by atoms with E-state index >= 15 is 0 Å². The molecule has 0 aliphatic heterocycles. The average Bonchev–Trinajstić information content (AvgIpc) is 3.06. The Morgan fingerprint density at radius 1 is 1.35 bits per heavy atom. The standard InChI is InChI=1S/C12H10N2O5S/c13-10(16)7-3-5-20-11(7)14-9(15)6-19-12(17)8-2-1-4-18-8/h1-5H,6H2,(H2,13,16)(H,14,15). The molecule has 2 heterocycles. The molecule has 2 aromatic rings. The minimum atomic E-state index is -0.744. The molecule has 104 valence electrons. The van der Waals surface area contributed by atoms with Crippen LogP contribution in [-0.2, 0) is 9.53 Å². The third-order valence-corrected chi connectivity index (χ3v) is 3.07. The number of amides is 2. The molecule has 7 nitrogen and oxygen atoms in total. The van der Waals surface area contributed by atoms with Crippen molar-refractivity contribution in [3.63, 3.8) is 0 Å². The number of ether oxygens (including phenoxy) is 1. The van der Waals surface area contributed by atoms with Crippen LogP contribution < -0.4 is 11.1 Å². The summed E-state index contributed by atoms with van der Waals surface area (Å²) >= 11 is 1.15. The second-order valence-electron chi connectivity index (χ2n) is 3.63. The molecule has 2 rings (SSSR count). The van der Waals surface area contributed by atoms with Gasteiger partial charge in [-0.2, -0.15) is 0 Å². The van der Waals surface area contributed by atoms with Gasteiger partial charge < -0.3 is 20.2 Å². The van der Waals surface area contributed by atoms with E-state index < -0.39 is 24.4 Å². The quantitative estimate of drug-likeness (QED) is 0.806. The van der Waals surface area contributed by atoms with E-state index in [1.807, 2.05) is 0 Å². The van der Waals surface area contributed by atoms with Crippen LogP contribution in [0, 0.1) is 0 Å². The zero-order valence-electron chi connectivity index (χ0n) is 10.1. The van der Waals surface area contributed by atoms with Gasteiger partial charge in [-0.15, -0.1) is 11.3 Å². The molecular formula is C12H10N2O5S. The number of carbonyl (C=O) groups is 3. The van der Waals surface area contributed by atoms with Crippen molar-refractivity contribution in [1.29, 1.82) is 0 Å². The average molecular weight is 294 g/mol. The van der Waals surface area contributed by atoms with Crippen LogP contribution in [0.5, 0.6) is 0 Å². The molecule has 3 N–H and O–H groups in total. The van der Waals surface area contributed by atoms with E-state index in [0.29, 0.717) is 5.00 Å². The van der Waals surface area contributed by atoms with Gasteiger partial charge in [-0.25, -0.2) is 4.79 Å². The molecule has 0 unspecified atom stereocenters. The van der Waals surface area contributed by atoms with E-state index in [-0.39, 0.29) is 11.3 Å². The lowest BCUT2D eigenvalue weighted by atomic mass is 10.3. The highest BCUT2D eigenvalue weighted by molar-refractivity contribution is 7.14. The van der Waals surface area contributed by atoms with Crippen molar-refractivity contribution >= 4 is 34.1 Å². The monoisotopic (exact) mass is 294 g/mol. The number of anilines is 1. The Balaban J connectivity index is 1.88. The molecule has 0 fully saturated rings. The number of nitrogens with two attached hydrogens (primary N) is 1. The fraction of sp³-hybridized carbons (Fsp3) is 0.0833. The van der Waals surface area contributed by atoms with E-state index in [0.717, 1.165) is 11.3 Å². The van der Waals surface area contributed by atoms with Crippen LogP contribution in [0.1, 0.15) is 20.9 Å². The number of primary amides is 1. The van der Waals surface area contributed by atoms with Gasteiger partial charge in [0.25, 0.3) is 11.8 Å². The molecule has 0 aliphatic rings. The molecular weight excluding hydrogens is 284 g/mol. The summed E-state index contributed by atoms with van der Waals surface area (Å²) in [5.41, 5.74) is 5.35. The number of rotatable bonds is 5. The third-order valence-electron chi connectivity index (χ3n) is 2.24. The summed E-state index contributed by atoms with van der Waals surface area (Å²) in [7, 11) is 0. The first-order valence-electron chi connectivity index (χ1n) is 5.45.